The molecule has 0 radical (unpaired) electrons. The molecule has 4 rings (SSSR count). The maximum absolute atomic E-state index is 11.1. The zero-order chi connectivity index (χ0) is 21.3. The van der Waals surface area contributed by atoms with E-state index in [1.165, 1.54) is 12.1 Å². The van der Waals surface area contributed by atoms with Gasteiger partial charge >= 0.3 is 0 Å². The molecular formula is C23H19ClN4O2. The Bertz CT molecular complexity index is 1260. The molecule has 0 unspecified atom stereocenters. The number of nitro groups is 1. The second-order valence-electron chi connectivity index (χ2n) is 6.83. The summed E-state index contributed by atoms with van der Waals surface area (Å²) in [5.41, 5.74) is 4.83. The number of hydrogen-bond donors (Lipinski definition) is 0. The zero-order valence-electron chi connectivity index (χ0n) is 16.5. The van der Waals surface area contributed by atoms with Gasteiger partial charge in [-0.3, -0.25) is 10.1 Å². The fourth-order valence-electron chi connectivity index (χ4n) is 3.55. The van der Waals surface area contributed by atoms with Crippen molar-refractivity contribution < 1.29 is 4.92 Å². The minimum Gasteiger partial charge on any atom is -0.327 e. The normalized spacial score (nSPS) is 11.8. The fraction of sp³-hybridized carbons (Fsp3) is 0.130. The molecule has 0 bridgehead atoms. The number of aromatic nitrogens is 2. The number of benzene rings is 3. The van der Waals surface area contributed by atoms with Gasteiger partial charge in [-0.05, 0) is 38.1 Å². The maximum atomic E-state index is 11.1. The highest BCUT2D eigenvalue weighted by molar-refractivity contribution is 6.31. The van der Waals surface area contributed by atoms with Gasteiger partial charge in [-0.25, -0.2) is 9.98 Å². The lowest BCUT2D eigenvalue weighted by atomic mass is 10.0. The number of nitro benzene ring substituents is 1. The van der Waals surface area contributed by atoms with Crippen molar-refractivity contribution in [1.82, 2.24) is 9.55 Å². The molecule has 4 aromatic rings. The minimum atomic E-state index is -0.411. The highest BCUT2D eigenvalue weighted by Crippen LogP contribution is 2.32. The Balaban J connectivity index is 1.97. The number of halogens is 1. The molecular weight excluding hydrogens is 400 g/mol. The second kappa shape index (κ2) is 8.08. The summed E-state index contributed by atoms with van der Waals surface area (Å²) in [7, 11) is 0. The number of aliphatic imine (C=N–C) groups is 1. The second-order valence-corrected chi connectivity index (χ2v) is 7.26. The molecule has 0 amide bonds. The van der Waals surface area contributed by atoms with Gasteiger partial charge in [0.1, 0.15) is 5.82 Å². The summed E-state index contributed by atoms with van der Waals surface area (Å²) in [5.74, 6) is 0.891. The van der Waals surface area contributed by atoms with Crippen LogP contribution in [0.5, 0.6) is 0 Å². The van der Waals surface area contributed by atoms with Gasteiger partial charge in [0, 0.05) is 34.8 Å². The molecule has 1 heterocycles. The average Bonchev–Trinajstić information content (AvgIpc) is 3.07. The van der Waals surface area contributed by atoms with Crippen molar-refractivity contribution >= 4 is 39.7 Å². The average molecular weight is 419 g/mol. The van der Waals surface area contributed by atoms with Crippen LogP contribution in [0.4, 0.5) is 11.4 Å². The standard InChI is InChI=1S/C23H19ClN4O2/c1-3-27-15(2)25-20-13-18(24)14-21(23(20)27)26-22(16-7-5-4-6-8-16)17-9-11-19(12-10-17)28(29)30/h4-14H,3H2,1-2H3. The Morgan fingerprint density at radius 1 is 1.10 bits per heavy atom. The third-order valence-corrected chi connectivity index (χ3v) is 5.14. The monoisotopic (exact) mass is 418 g/mol. The van der Waals surface area contributed by atoms with Gasteiger partial charge in [-0.15, -0.1) is 0 Å². The topological polar surface area (TPSA) is 73.3 Å². The molecule has 0 aliphatic rings. The number of rotatable bonds is 5. The predicted octanol–water partition coefficient (Wildman–Crippen LogP) is 6.10. The molecule has 0 saturated carbocycles. The predicted molar refractivity (Wildman–Crippen MR) is 120 cm³/mol. The summed E-state index contributed by atoms with van der Waals surface area (Å²) in [6.07, 6.45) is 0. The summed E-state index contributed by atoms with van der Waals surface area (Å²) in [6.45, 7) is 4.77. The van der Waals surface area contributed by atoms with Crippen LogP contribution in [0.15, 0.2) is 71.7 Å². The first-order valence-electron chi connectivity index (χ1n) is 9.53. The van der Waals surface area contributed by atoms with Crippen molar-refractivity contribution in [2.45, 2.75) is 20.4 Å². The minimum absolute atomic E-state index is 0.0380. The first kappa shape index (κ1) is 19.8. The highest BCUT2D eigenvalue weighted by Gasteiger charge is 2.15. The number of aryl methyl sites for hydroxylation is 2. The van der Waals surface area contributed by atoms with E-state index >= 15 is 0 Å². The van der Waals surface area contributed by atoms with E-state index in [2.05, 4.69) is 16.5 Å². The lowest BCUT2D eigenvalue weighted by Gasteiger charge is -2.10. The number of hydrogen-bond acceptors (Lipinski definition) is 4. The number of non-ortho nitro benzene ring substituents is 1. The zero-order valence-corrected chi connectivity index (χ0v) is 17.3. The Morgan fingerprint density at radius 3 is 2.40 bits per heavy atom. The Morgan fingerprint density at radius 2 is 1.77 bits per heavy atom. The largest absolute Gasteiger partial charge is 0.327 e. The van der Waals surface area contributed by atoms with Crippen LogP contribution in [-0.4, -0.2) is 20.2 Å². The van der Waals surface area contributed by atoms with Crippen molar-refractivity contribution in [2.75, 3.05) is 0 Å². The molecule has 0 spiro atoms. The number of nitrogens with zero attached hydrogens (tertiary/aromatic N) is 4. The van der Waals surface area contributed by atoms with Gasteiger partial charge in [0.05, 0.1) is 27.4 Å². The van der Waals surface area contributed by atoms with Crippen molar-refractivity contribution in [2.24, 2.45) is 4.99 Å². The van der Waals surface area contributed by atoms with Gasteiger partial charge in [0.2, 0.25) is 0 Å². The van der Waals surface area contributed by atoms with Gasteiger partial charge < -0.3 is 4.57 Å². The molecule has 7 heteroatoms. The maximum Gasteiger partial charge on any atom is 0.269 e. The lowest BCUT2D eigenvalue weighted by molar-refractivity contribution is -0.384. The van der Waals surface area contributed by atoms with Crippen molar-refractivity contribution in [3.8, 4) is 0 Å². The third kappa shape index (κ3) is 3.69. The van der Waals surface area contributed by atoms with Crippen LogP contribution in [0.1, 0.15) is 23.9 Å². The quantitative estimate of drug-likeness (QED) is 0.223. The van der Waals surface area contributed by atoms with Crippen LogP contribution in [-0.2, 0) is 6.54 Å². The van der Waals surface area contributed by atoms with E-state index in [1.807, 2.05) is 49.4 Å². The summed E-state index contributed by atoms with van der Waals surface area (Å²) < 4.78 is 2.10. The summed E-state index contributed by atoms with van der Waals surface area (Å²) in [5, 5.41) is 11.6. The van der Waals surface area contributed by atoms with Crippen LogP contribution in [0.25, 0.3) is 11.0 Å². The van der Waals surface area contributed by atoms with Crippen molar-refractivity contribution in [1.29, 1.82) is 0 Å². The molecule has 0 aliphatic heterocycles. The summed E-state index contributed by atoms with van der Waals surface area (Å²) in [4.78, 5) is 20.2. The van der Waals surface area contributed by atoms with Crippen LogP contribution in [0, 0.1) is 17.0 Å². The molecule has 0 saturated heterocycles. The van der Waals surface area contributed by atoms with E-state index in [0.717, 1.165) is 34.5 Å². The molecule has 0 aliphatic carbocycles. The van der Waals surface area contributed by atoms with Crippen LogP contribution >= 0.6 is 11.6 Å². The Kier molecular flexibility index (Phi) is 5.33. The van der Waals surface area contributed by atoms with Gasteiger partial charge in [0.25, 0.3) is 5.69 Å². The van der Waals surface area contributed by atoms with E-state index in [9.17, 15) is 10.1 Å². The van der Waals surface area contributed by atoms with Crippen molar-refractivity contribution in [3.05, 3.63) is 98.8 Å². The molecule has 150 valence electrons. The van der Waals surface area contributed by atoms with Crippen LogP contribution in [0.3, 0.4) is 0 Å². The van der Waals surface area contributed by atoms with Gasteiger partial charge in [-0.1, -0.05) is 41.9 Å². The van der Waals surface area contributed by atoms with E-state index < -0.39 is 4.92 Å². The first-order chi connectivity index (χ1) is 14.5. The first-order valence-corrected chi connectivity index (χ1v) is 9.91. The van der Waals surface area contributed by atoms with E-state index in [1.54, 1.807) is 12.1 Å². The summed E-state index contributed by atoms with van der Waals surface area (Å²) >= 11 is 6.37. The molecule has 3 aromatic carbocycles. The van der Waals surface area contributed by atoms with Crippen LogP contribution in [0.2, 0.25) is 5.02 Å². The van der Waals surface area contributed by atoms with Gasteiger partial charge in [-0.2, -0.15) is 0 Å². The van der Waals surface area contributed by atoms with Gasteiger partial charge in [0.15, 0.2) is 0 Å². The number of fused-ring (bicyclic) bond motifs is 1. The lowest BCUT2D eigenvalue weighted by Crippen LogP contribution is -2.04. The molecule has 0 N–H and O–H groups in total. The summed E-state index contributed by atoms with van der Waals surface area (Å²) in [6, 6.07) is 19.8. The molecule has 1 aromatic heterocycles. The molecule has 0 fully saturated rings. The molecule has 0 atom stereocenters. The SMILES string of the molecule is CCn1c(C)nc2cc(Cl)cc(N=C(c3ccccc3)c3ccc([N+](=O)[O-])cc3)c21. The van der Waals surface area contributed by atoms with E-state index in [4.69, 9.17) is 16.6 Å². The number of imidazole rings is 1. The van der Waals surface area contributed by atoms with Crippen molar-refractivity contribution in [3.63, 3.8) is 0 Å². The molecule has 30 heavy (non-hydrogen) atoms. The molecule has 6 nitrogen and oxygen atoms in total. The van der Waals surface area contributed by atoms with Crippen LogP contribution < -0.4 is 0 Å². The fourth-order valence-corrected chi connectivity index (χ4v) is 3.76. The Labute approximate surface area is 178 Å². The van der Waals surface area contributed by atoms with E-state index in [-0.39, 0.29) is 5.69 Å². The third-order valence-electron chi connectivity index (χ3n) is 4.92. The smallest absolute Gasteiger partial charge is 0.269 e. The Hall–Kier alpha value is -3.51. The van der Waals surface area contributed by atoms with E-state index in [0.29, 0.717) is 16.4 Å². The highest BCUT2D eigenvalue weighted by atomic mass is 35.5.